The van der Waals surface area contributed by atoms with Crippen LogP contribution >= 0.6 is 12.2 Å². The first kappa shape index (κ1) is 21.4. The zero-order valence-electron chi connectivity index (χ0n) is 16.5. The number of carbonyl (C=O) groups excluding carboxylic acids is 2. The Morgan fingerprint density at radius 3 is 2.29 bits per heavy atom. The summed E-state index contributed by atoms with van der Waals surface area (Å²) in [6, 6.07) is 13.7. The van der Waals surface area contributed by atoms with E-state index < -0.39 is 0 Å². The minimum atomic E-state index is -0.332. The summed E-state index contributed by atoms with van der Waals surface area (Å²) in [5.41, 5.74) is 1.24. The second-order valence-electron chi connectivity index (χ2n) is 7.15. The molecule has 0 aliphatic rings. The number of benzene rings is 2. The lowest BCUT2D eigenvalue weighted by atomic mass is 10.1. The number of hydrogen-bond donors (Lipinski definition) is 3. The van der Waals surface area contributed by atoms with Gasteiger partial charge in [0.2, 0.25) is 0 Å². The largest absolute Gasteiger partial charge is 0.494 e. The average Bonchev–Trinajstić information content (AvgIpc) is 2.61. The Morgan fingerprint density at radius 1 is 1.00 bits per heavy atom. The standard InChI is InChI=1S/C21H25N3O3S/c1-5-27-17-11-9-14(10-12-17)18(25)23-20(28)22-16-8-6-7-15(13-16)19(26)24-21(2,3)4/h6-13H,5H2,1-4H3,(H,24,26)(H2,22,23,25,28). The van der Waals surface area contributed by atoms with Crippen LogP contribution < -0.4 is 20.7 Å². The van der Waals surface area contributed by atoms with Gasteiger partial charge in [0.05, 0.1) is 6.61 Å². The number of nitrogens with one attached hydrogen (secondary N) is 3. The number of carbonyl (C=O) groups is 2. The summed E-state index contributed by atoms with van der Waals surface area (Å²) in [5.74, 6) is 0.188. The number of rotatable bonds is 5. The molecule has 0 aliphatic heterocycles. The Bertz CT molecular complexity index is 858. The van der Waals surface area contributed by atoms with Crippen LogP contribution in [0.4, 0.5) is 5.69 Å². The van der Waals surface area contributed by atoms with E-state index in [4.69, 9.17) is 17.0 Å². The van der Waals surface area contributed by atoms with E-state index in [9.17, 15) is 9.59 Å². The van der Waals surface area contributed by atoms with Crippen LogP contribution in [-0.2, 0) is 0 Å². The maximum Gasteiger partial charge on any atom is 0.257 e. The molecule has 0 spiro atoms. The van der Waals surface area contributed by atoms with Crippen LogP contribution in [0.3, 0.4) is 0 Å². The van der Waals surface area contributed by atoms with E-state index in [-0.39, 0.29) is 22.5 Å². The van der Waals surface area contributed by atoms with Gasteiger partial charge in [0, 0.05) is 22.4 Å². The van der Waals surface area contributed by atoms with Crippen molar-refractivity contribution >= 4 is 34.8 Å². The maximum absolute atomic E-state index is 12.3. The van der Waals surface area contributed by atoms with E-state index in [1.54, 1.807) is 48.5 Å². The molecule has 2 amide bonds. The fourth-order valence-corrected chi connectivity index (χ4v) is 2.57. The quantitative estimate of drug-likeness (QED) is 0.668. The van der Waals surface area contributed by atoms with Gasteiger partial charge in [-0.2, -0.15) is 0 Å². The highest BCUT2D eigenvalue weighted by Crippen LogP contribution is 2.14. The Labute approximate surface area is 170 Å². The first-order valence-electron chi connectivity index (χ1n) is 8.96. The molecule has 0 fully saturated rings. The first-order valence-corrected chi connectivity index (χ1v) is 9.36. The smallest absolute Gasteiger partial charge is 0.257 e. The third-order valence-corrected chi connectivity index (χ3v) is 3.73. The minimum Gasteiger partial charge on any atom is -0.494 e. The van der Waals surface area contributed by atoms with E-state index in [1.165, 1.54) is 0 Å². The molecule has 2 aromatic rings. The summed E-state index contributed by atoms with van der Waals surface area (Å²) in [5, 5.41) is 8.60. The summed E-state index contributed by atoms with van der Waals surface area (Å²) in [6.45, 7) is 8.20. The van der Waals surface area contributed by atoms with Crippen LogP contribution in [-0.4, -0.2) is 29.1 Å². The highest BCUT2D eigenvalue weighted by atomic mass is 32.1. The molecular formula is C21H25N3O3S. The Balaban J connectivity index is 1.98. The van der Waals surface area contributed by atoms with Crippen molar-refractivity contribution in [1.29, 1.82) is 0 Å². The molecule has 6 nitrogen and oxygen atoms in total. The van der Waals surface area contributed by atoms with Gasteiger partial charge < -0.3 is 15.4 Å². The topological polar surface area (TPSA) is 79.5 Å². The van der Waals surface area contributed by atoms with Crippen molar-refractivity contribution in [3.05, 3.63) is 59.7 Å². The van der Waals surface area contributed by atoms with Crippen LogP contribution in [0.15, 0.2) is 48.5 Å². The van der Waals surface area contributed by atoms with Crippen LogP contribution in [0.25, 0.3) is 0 Å². The molecule has 0 bridgehead atoms. The van der Waals surface area contributed by atoms with Crippen molar-refractivity contribution in [3.63, 3.8) is 0 Å². The summed E-state index contributed by atoms with van der Waals surface area (Å²) in [6.07, 6.45) is 0. The zero-order valence-corrected chi connectivity index (χ0v) is 17.3. The highest BCUT2D eigenvalue weighted by molar-refractivity contribution is 7.80. The minimum absolute atomic E-state index is 0.146. The summed E-state index contributed by atoms with van der Waals surface area (Å²) >= 11 is 5.21. The number of hydrogen-bond acceptors (Lipinski definition) is 4. The average molecular weight is 400 g/mol. The molecule has 0 unspecified atom stereocenters. The molecule has 0 saturated heterocycles. The fraction of sp³-hybridized carbons (Fsp3) is 0.286. The molecule has 0 saturated carbocycles. The monoisotopic (exact) mass is 399 g/mol. The second-order valence-corrected chi connectivity index (χ2v) is 7.56. The van der Waals surface area contributed by atoms with Crippen molar-refractivity contribution in [3.8, 4) is 5.75 Å². The molecule has 7 heteroatoms. The lowest BCUT2D eigenvalue weighted by Crippen LogP contribution is -2.40. The van der Waals surface area contributed by atoms with Gasteiger partial charge in [-0.15, -0.1) is 0 Å². The Hall–Kier alpha value is -2.93. The Kier molecular flexibility index (Phi) is 7.12. The van der Waals surface area contributed by atoms with Crippen molar-refractivity contribution in [2.24, 2.45) is 0 Å². The van der Waals surface area contributed by atoms with Gasteiger partial charge in [-0.3, -0.25) is 14.9 Å². The van der Waals surface area contributed by atoms with Gasteiger partial charge in [0.25, 0.3) is 11.8 Å². The molecule has 3 N–H and O–H groups in total. The normalized spacial score (nSPS) is 10.7. The third-order valence-electron chi connectivity index (χ3n) is 3.53. The van der Waals surface area contributed by atoms with Gasteiger partial charge in [0.15, 0.2) is 5.11 Å². The molecule has 0 aliphatic carbocycles. The second kappa shape index (κ2) is 9.32. The molecule has 0 heterocycles. The van der Waals surface area contributed by atoms with Crippen LogP contribution in [0.1, 0.15) is 48.4 Å². The third kappa shape index (κ3) is 6.66. The molecular weight excluding hydrogens is 374 g/mol. The molecule has 0 atom stereocenters. The molecule has 0 aromatic heterocycles. The Morgan fingerprint density at radius 2 is 1.68 bits per heavy atom. The van der Waals surface area contributed by atoms with Crippen LogP contribution in [0, 0.1) is 0 Å². The first-order chi connectivity index (χ1) is 13.2. The van der Waals surface area contributed by atoms with Crippen molar-refractivity contribution in [1.82, 2.24) is 10.6 Å². The maximum atomic E-state index is 12.3. The van der Waals surface area contributed by atoms with Gasteiger partial charge in [-0.05, 0) is 82.4 Å². The van der Waals surface area contributed by atoms with Crippen molar-refractivity contribution in [2.75, 3.05) is 11.9 Å². The number of thiocarbonyl (C=S) groups is 1. The number of anilines is 1. The predicted molar refractivity (Wildman–Crippen MR) is 115 cm³/mol. The summed E-state index contributed by atoms with van der Waals surface area (Å²) in [4.78, 5) is 24.6. The summed E-state index contributed by atoms with van der Waals surface area (Å²) in [7, 11) is 0. The van der Waals surface area contributed by atoms with Gasteiger partial charge >= 0.3 is 0 Å². The van der Waals surface area contributed by atoms with E-state index >= 15 is 0 Å². The molecule has 2 aromatic carbocycles. The molecule has 0 radical (unpaired) electrons. The lowest BCUT2D eigenvalue weighted by molar-refractivity contribution is 0.0918. The van der Waals surface area contributed by atoms with E-state index in [0.717, 1.165) is 0 Å². The highest BCUT2D eigenvalue weighted by Gasteiger charge is 2.15. The molecule has 148 valence electrons. The number of ether oxygens (including phenoxy) is 1. The summed E-state index contributed by atoms with van der Waals surface area (Å²) < 4.78 is 5.36. The van der Waals surface area contributed by atoms with Crippen molar-refractivity contribution < 1.29 is 14.3 Å². The van der Waals surface area contributed by atoms with E-state index in [1.807, 2.05) is 27.7 Å². The molecule has 28 heavy (non-hydrogen) atoms. The van der Waals surface area contributed by atoms with Gasteiger partial charge in [-0.25, -0.2) is 0 Å². The van der Waals surface area contributed by atoms with Gasteiger partial charge in [-0.1, -0.05) is 6.07 Å². The van der Waals surface area contributed by atoms with E-state index in [0.29, 0.717) is 29.2 Å². The van der Waals surface area contributed by atoms with Crippen LogP contribution in [0.5, 0.6) is 5.75 Å². The number of amides is 2. The molecule has 2 rings (SSSR count). The zero-order chi connectivity index (χ0) is 20.7. The fourth-order valence-electron chi connectivity index (χ4n) is 2.36. The van der Waals surface area contributed by atoms with Crippen molar-refractivity contribution in [2.45, 2.75) is 33.2 Å². The SMILES string of the molecule is CCOc1ccc(C(=O)NC(=S)Nc2cccc(C(=O)NC(C)(C)C)c2)cc1. The van der Waals surface area contributed by atoms with Gasteiger partial charge in [0.1, 0.15) is 5.75 Å². The van der Waals surface area contributed by atoms with E-state index in [2.05, 4.69) is 16.0 Å². The predicted octanol–water partition coefficient (Wildman–Crippen LogP) is 3.74. The van der Waals surface area contributed by atoms with Crippen LogP contribution in [0.2, 0.25) is 0 Å². The lowest BCUT2D eigenvalue weighted by Gasteiger charge is -2.20.